The Morgan fingerprint density at radius 3 is 2.63 bits per heavy atom. The summed E-state index contributed by atoms with van der Waals surface area (Å²) in [5.74, 6) is -0.749. The fraction of sp³-hybridized carbons (Fsp3) is 0.286. The quantitative estimate of drug-likeness (QED) is 0.881. The normalized spacial score (nSPS) is 11.0. The maximum absolute atomic E-state index is 11.3. The standard InChI is InChI=1S/C14H14BrNO2S/c1-7(2)13-16-11(14(17)18)12(19-13)9-5-4-8(3)10(15)6-9/h4-7H,1-3H3,(H,17,18). The molecule has 2 rings (SSSR count). The van der Waals surface area contributed by atoms with Crippen LogP contribution in [0.4, 0.5) is 0 Å². The van der Waals surface area contributed by atoms with Crippen LogP contribution in [-0.2, 0) is 0 Å². The molecule has 0 bridgehead atoms. The van der Waals surface area contributed by atoms with Crippen molar-refractivity contribution in [2.45, 2.75) is 26.7 Å². The Bertz CT molecular complexity index is 634. The minimum Gasteiger partial charge on any atom is -0.476 e. The molecule has 100 valence electrons. The fourth-order valence-electron chi connectivity index (χ4n) is 1.66. The van der Waals surface area contributed by atoms with Crippen molar-refractivity contribution in [3.8, 4) is 10.4 Å². The van der Waals surface area contributed by atoms with Crippen molar-refractivity contribution in [3.05, 3.63) is 38.9 Å². The van der Waals surface area contributed by atoms with Gasteiger partial charge in [-0.25, -0.2) is 9.78 Å². The highest BCUT2D eigenvalue weighted by molar-refractivity contribution is 9.10. The Balaban J connectivity index is 2.59. The number of aromatic carboxylic acids is 1. The molecule has 0 spiro atoms. The highest BCUT2D eigenvalue weighted by Gasteiger charge is 2.20. The van der Waals surface area contributed by atoms with Crippen molar-refractivity contribution in [1.29, 1.82) is 0 Å². The molecular weight excluding hydrogens is 326 g/mol. The molecule has 3 nitrogen and oxygen atoms in total. The average Bonchev–Trinajstić information content (AvgIpc) is 2.78. The first-order chi connectivity index (χ1) is 8.90. The summed E-state index contributed by atoms with van der Waals surface area (Å²) in [6.07, 6.45) is 0. The summed E-state index contributed by atoms with van der Waals surface area (Å²) in [6.45, 7) is 6.02. The minimum atomic E-state index is -0.977. The number of nitrogens with zero attached hydrogens (tertiary/aromatic N) is 1. The number of carboxylic acid groups (broad SMARTS) is 1. The predicted octanol–water partition coefficient (Wildman–Crippen LogP) is 4.70. The third kappa shape index (κ3) is 2.87. The average molecular weight is 340 g/mol. The molecule has 1 N–H and O–H groups in total. The van der Waals surface area contributed by atoms with Gasteiger partial charge in [0.2, 0.25) is 0 Å². The summed E-state index contributed by atoms with van der Waals surface area (Å²) in [7, 11) is 0. The molecule has 5 heteroatoms. The zero-order valence-corrected chi connectivity index (χ0v) is 13.3. The molecule has 0 saturated carbocycles. The van der Waals surface area contributed by atoms with Crippen LogP contribution in [0.15, 0.2) is 22.7 Å². The van der Waals surface area contributed by atoms with Gasteiger partial charge in [0, 0.05) is 10.4 Å². The third-order valence-corrected chi connectivity index (χ3v) is 5.03. The third-order valence-electron chi connectivity index (χ3n) is 2.77. The molecule has 0 saturated heterocycles. The highest BCUT2D eigenvalue weighted by Crippen LogP contribution is 2.35. The minimum absolute atomic E-state index is 0.143. The van der Waals surface area contributed by atoms with Crippen molar-refractivity contribution in [2.75, 3.05) is 0 Å². The predicted molar refractivity (Wildman–Crippen MR) is 81.0 cm³/mol. The van der Waals surface area contributed by atoms with E-state index in [1.54, 1.807) is 0 Å². The lowest BCUT2D eigenvalue weighted by Crippen LogP contribution is -1.99. The van der Waals surface area contributed by atoms with Crippen molar-refractivity contribution < 1.29 is 9.90 Å². The van der Waals surface area contributed by atoms with Crippen LogP contribution in [0, 0.1) is 6.92 Å². The number of thiazole rings is 1. The summed E-state index contributed by atoms with van der Waals surface area (Å²) in [5.41, 5.74) is 2.15. The molecule has 1 heterocycles. The van der Waals surface area contributed by atoms with Gasteiger partial charge in [-0.3, -0.25) is 0 Å². The SMILES string of the molecule is Cc1ccc(-c2sc(C(C)C)nc2C(=O)O)cc1Br. The Morgan fingerprint density at radius 2 is 2.11 bits per heavy atom. The van der Waals surface area contributed by atoms with E-state index in [1.165, 1.54) is 11.3 Å². The Morgan fingerprint density at radius 1 is 1.42 bits per heavy atom. The van der Waals surface area contributed by atoms with Gasteiger partial charge in [0.25, 0.3) is 0 Å². The monoisotopic (exact) mass is 339 g/mol. The Hall–Kier alpha value is -1.20. The number of aromatic nitrogens is 1. The molecule has 0 aliphatic carbocycles. The maximum atomic E-state index is 11.3. The van der Waals surface area contributed by atoms with E-state index in [1.807, 2.05) is 39.0 Å². The number of rotatable bonds is 3. The number of hydrogen-bond acceptors (Lipinski definition) is 3. The molecule has 0 aliphatic rings. The highest BCUT2D eigenvalue weighted by atomic mass is 79.9. The van der Waals surface area contributed by atoms with Gasteiger partial charge in [0.05, 0.1) is 9.88 Å². The number of halogens is 1. The van der Waals surface area contributed by atoms with E-state index in [9.17, 15) is 9.90 Å². The first-order valence-electron chi connectivity index (χ1n) is 5.90. The number of hydrogen-bond donors (Lipinski definition) is 1. The zero-order chi connectivity index (χ0) is 14.2. The van der Waals surface area contributed by atoms with Crippen molar-refractivity contribution in [1.82, 2.24) is 4.98 Å². The van der Waals surface area contributed by atoms with Crippen LogP contribution in [0.1, 0.15) is 40.8 Å². The van der Waals surface area contributed by atoms with Crippen LogP contribution in [0.5, 0.6) is 0 Å². The largest absolute Gasteiger partial charge is 0.476 e. The van der Waals surface area contributed by atoms with Gasteiger partial charge < -0.3 is 5.11 Å². The zero-order valence-electron chi connectivity index (χ0n) is 10.9. The second kappa shape index (κ2) is 5.43. The molecule has 0 unspecified atom stereocenters. The Labute approximate surface area is 124 Å². The lowest BCUT2D eigenvalue weighted by atomic mass is 10.1. The van der Waals surface area contributed by atoms with Crippen LogP contribution in [-0.4, -0.2) is 16.1 Å². The number of aryl methyl sites for hydroxylation is 1. The van der Waals surface area contributed by atoms with Gasteiger partial charge in [-0.1, -0.05) is 41.9 Å². The van der Waals surface area contributed by atoms with Crippen LogP contribution in [0.3, 0.4) is 0 Å². The van der Waals surface area contributed by atoms with Crippen molar-refractivity contribution in [2.24, 2.45) is 0 Å². The van der Waals surface area contributed by atoms with E-state index in [-0.39, 0.29) is 11.6 Å². The molecule has 0 atom stereocenters. The summed E-state index contributed by atoms with van der Waals surface area (Å²) in [6, 6.07) is 5.85. The molecule has 2 aromatic rings. The first kappa shape index (κ1) is 14.2. The smallest absolute Gasteiger partial charge is 0.356 e. The lowest BCUT2D eigenvalue weighted by molar-refractivity contribution is 0.0692. The number of benzene rings is 1. The van der Waals surface area contributed by atoms with Gasteiger partial charge in [0.15, 0.2) is 5.69 Å². The van der Waals surface area contributed by atoms with Gasteiger partial charge in [-0.15, -0.1) is 11.3 Å². The van der Waals surface area contributed by atoms with E-state index < -0.39 is 5.97 Å². The van der Waals surface area contributed by atoms with Crippen molar-refractivity contribution >= 4 is 33.2 Å². The van der Waals surface area contributed by atoms with Gasteiger partial charge in [-0.05, 0) is 24.1 Å². The van der Waals surface area contributed by atoms with E-state index in [0.29, 0.717) is 0 Å². The van der Waals surface area contributed by atoms with Gasteiger partial charge >= 0.3 is 5.97 Å². The van der Waals surface area contributed by atoms with Crippen LogP contribution in [0.2, 0.25) is 0 Å². The molecule has 1 aromatic carbocycles. The second-order valence-corrected chi connectivity index (χ2v) is 6.54. The van der Waals surface area contributed by atoms with Crippen molar-refractivity contribution in [3.63, 3.8) is 0 Å². The van der Waals surface area contributed by atoms with Gasteiger partial charge in [0.1, 0.15) is 0 Å². The van der Waals surface area contributed by atoms with Gasteiger partial charge in [-0.2, -0.15) is 0 Å². The topological polar surface area (TPSA) is 50.2 Å². The molecule has 0 amide bonds. The molecule has 1 aromatic heterocycles. The maximum Gasteiger partial charge on any atom is 0.356 e. The van der Waals surface area contributed by atoms with E-state index in [2.05, 4.69) is 20.9 Å². The molecular formula is C14H14BrNO2S. The van der Waals surface area contributed by atoms with Crippen LogP contribution < -0.4 is 0 Å². The number of carbonyl (C=O) groups is 1. The molecule has 0 fully saturated rings. The fourth-order valence-corrected chi connectivity index (χ4v) is 3.09. The summed E-state index contributed by atoms with van der Waals surface area (Å²) in [4.78, 5) is 16.3. The number of carboxylic acids is 1. The second-order valence-electron chi connectivity index (χ2n) is 4.65. The van der Waals surface area contributed by atoms with E-state index in [0.717, 1.165) is 25.5 Å². The molecule has 19 heavy (non-hydrogen) atoms. The summed E-state index contributed by atoms with van der Waals surface area (Å²) in [5, 5.41) is 10.1. The molecule has 0 aliphatic heterocycles. The first-order valence-corrected chi connectivity index (χ1v) is 7.51. The summed E-state index contributed by atoms with van der Waals surface area (Å²) >= 11 is 4.93. The summed E-state index contributed by atoms with van der Waals surface area (Å²) < 4.78 is 0.973. The lowest BCUT2D eigenvalue weighted by Gasteiger charge is -2.02. The van der Waals surface area contributed by atoms with Crippen LogP contribution in [0.25, 0.3) is 10.4 Å². The van der Waals surface area contributed by atoms with E-state index in [4.69, 9.17) is 0 Å². The van der Waals surface area contributed by atoms with Crippen LogP contribution >= 0.6 is 27.3 Å². The van der Waals surface area contributed by atoms with E-state index >= 15 is 0 Å². The molecule has 0 radical (unpaired) electrons. The Kier molecular flexibility index (Phi) is 4.06.